The van der Waals surface area contributed by atoms with Crippen molar-refractivity contribution in [3.8, 4) is 0 Å². The fourth-order valence-corrected chi connectivity index (χ4v) is 2.99. The predicted molar refractivity (Wildman–Crippen MR) is 106 cm³/mol. The van der Waals surface area contributed by atoms with Crippen molar-refractivity contribution in [1.29, 1.82) is 0 Å². The van der Waals surface area contributed by atoms with Gasteiger partial charge in [-0.2, -0.15) is 0 Å². The predicted octanol–water partition coefficient (Wildman–Crippen LogP) is 0.590. The van der Waals surface area contributed by atoms with Gasteiger partial charge in [-0.1, -0.05) is 0 Å². The molecule has 0 bridgehead atoms. The van der Waals surface area contributed by atoms with Crippen LogP contribution in [0.15, 0.2) is 18.5 Å². The maximum atomic E-state index is 11.9. The first-order valence-corrected chi connectivity index (χ1v) is 8.05. The lowest BCUT2D eigenvalue weighted by atomic mass is 10.1. The fourth-order valence-electron chi connectivity index (χ4n) is 2.99. The number of nitrogens with one attached hydrogen (secondary N) is 2. The number of hydrogen-bond acceptors (Lipinski definition) is 6. The molecule has 0 spiro atoms. The van der Waals surface area contributed by atoms with Crippen LogP contribution in [0.1, 0.15) is 6.42 Å². The standard InChI is InChI=1S/C15H24N6O.3ClH/c22-14(13-2-5-16-12-13)17-6-7-20-8-10-21(11-9-20)15-18-3-1-4-19-15;;;/h1,3-4,13,16H,2,5-12H2,(H,17,22);3*1H. The van der Waals surface area contributed by atoms with Crippen LogP contribution in [0.25, 0.3) is 0 Å². The average molecular weight is 414 g/mol. The van der Waals surface area contributed by atoms with E-state index in [2.05, 4.69) is 30.4 Å². The summed E-state index contributed by atoms with van der Waals surface area (Å²) in [5, 5.41) is 6.28. The van der Waals surface area contributed by atoms with E-state index in [1.54, 1.807) is 12.4 Å². The minimum absolute atomic E-state index is 0. The number of aromatic nitrogens is 2. The Morgan fingerprint density at radius 2 is 1.84 bits per heavy atom. The van der Waals surface area contributed by atoms with E-state index in [1.165, 1.54) is 0 Å². The SMILES string of the molecule is Cl.Cl.Cl.O=C(NCCN1CCN(c2ncccn2)CC1)C1CCNC1. The second kappa shape index (κ2) is 12.5. The summed E-state index contributed by atoms with van der Waals surface area (Å²) in [7, 11) is 0. The summed E-state index contributed by atoms with van der Waals surface area (Å²) < 4.78 is 0. The molecule has 3 heterocycles. The van der Waals surface area contributed by atoms with Crippen LogP contribution in [-0.4, -0.2) is 73.1 Å². The lowest BCUT2D eigenvalue weighted by Crippen LogP contribution is -2.49. The first-order valence-electron chi connectivity index (χ1n) is 8.05. The van der Waals surface area contributed by atoms with E-state index in [4.69, 9.17) is 0 Å². The maximum absolute atomic E-state index is 11.9. The first-order chi connectivity index (χ1) is 10.8. The van der Waals surface area contributed by atoms with Crippen molar-refractivity contribution in [3.63, 3.8) is 0 Å². The number of piperazine rings is 1. The monoisotopic (exact) mass is 412 g/mol. The van der Waals surface area contributed by atoms with Gasteiger partial charge in [-0.15, -0.1) is 37.2 Å². The summed E-state index contributed by atoms with van der Waals surface area (Å²) in [5.74, 6) is 1.16. The highest BCUT2D eigenvalue weighted by molar-refractivity contribution is 5.86. The van der Waals surface area contributed by atoms with Crippen molar-refractivity contribution >= 4 is 49.1 Å². The molecule has 3 rings (SSSR count). The molecule has 2 N–H and O–H groups in total. The largest absolute Gasteiger partial charge is 0.355 e. The fraction of sp³-hybridized carbons (Fsp3) is 0.667. The highest BCUT2D eigenvalue weighted by Gasteiger charge is 2.22. The number of carbonyl (C=O) groups is 1. The maximum Gasteiger partial charge on any atom is 0.225 e. The van der Waals surface area contributed by atoms with Crippen LogP contribution in [-0.2, 0) is 4.79 Å². The molecular weight excluding hydrogens is 387 g/mol. The van der Waals surface area contributed by atoms with Crippen molar-refractivity contribution in [2.24, 2.45) is 5.92 Å². The molecule has 1 atom stereocenters. The Morgan fingerprint density at radius 3 is 2.44 bits per heavy atom. The van der Waals surface area contributed by atoms with Crippen molar-refractivity contribution in [2.45, 2.75) is 6.42 Å². The second-order valence-corrected chi connectivity index (χ2v) is 5.86. The zero-order valence-corrected chi connectivity index (χ0v) is 16.5. The highest BCUT2D eigenvalue weighted by atomic mass is 35.5. The molecule has 10 heteroatoms. The van der Waals surface area contributed by atoms with E-state index in [0.29, 0.717) is 0 Å². The van der Waals surface area contributed by atoms with Crippen LogP contribution in [0, 0.1) is 5.92 Å². The van der Waals surface area contributed by atoms with E-state index in [0.717, 1.165) is 64.7 Å². The molecule has 7 nitrogen and oxygen atoms in total. The van der Waals surface area contributed by atoms with Gasteiger partial charge >= 0.3 is 0 Å². The van der Waals surface area contributed by atoms with Gasteiger partial charge < -0.3 is 15.5 Å². The summed E-state index contributed by atoms with van der Waals surface area (Å²) >= 11 is 0. The molecule has 2 fully saturated rings. The lowest BCUT2D eigenvalue weighted by molar-refractivity contribution is -0.124. The third-order valence-electron chi connectivity index (χ3n) is 4.37. The van der Waals surface area contributed by atoms with Gasteiger partial charge in [-0.3, -0.25) is 9.69 Å². The van der Waals surface area contributed by atoms with E-state index in [9.17, 15) is 4.79 Å². The van der Waals surface area contributed by atoms with Crippen LogP contribution in [0.4, 0.5) is 5.95 Å². The summed E-state index contributed by atoms with van der Waals surface area (Å²) in [4.78, 5) is 25.1. The van der Waals surface area contributed by atoms with E-state index >= 15 is 0 Å². The molecule has 0 aromatic carbocycles. The number of rotatable bonds is 5. The summed E-state index contributed by atoms with van der Waals surface area (Å²) in [6, 6.07) is 1.84. The molecule has 0 aliphatic carbocycles. The summed E-state index contributed by atoms with van der Waals surface area (Å²) in [5.41, 5.74) is 0. The Kier molecular flexibility index (Phi) is 12.1. The molecule has 0 saturated carbocycles. The molecule has 25 heavy (non-hydrogen) atoms. The van der Waals surface area contributed by atoms with Gasteiger partial charge in [0.15, 0.2) is 0 Å². The quantitative estimate of drug-likeness (QED) is 0.736. The highest BCUT2D eigenvalue weighted by Crippen LogP contribution is 2.09. The third-order valence-corrected chi connectivity index (χ3v) is 4.37. The Morgan fingerprint density at radius 1 is 1.16 bits per heavy atom. The Labute approximate surface area is 167 Å². The number of hydrogen-bond donors (Lipinski definition) is 2. The van der Waals surface area contributed by atoms with Crippen LogP contribution in [0.3, 0.4) is 0 Å². The van der Waals surface area contributed by atoms with Crippen LogP contribution >= 0.6 is 37.2 Å². The van der Waals surface area contributed by atoms with Gasteiger partial charge in [0.2, 0.25) is 11.9 Å². The zero-order chi connectivity index (χ0) is 15.2. The van der Waals surface area contributed by atoms with Gasteiger partial charge in [0.05, 0.1) is 5.92 Å². The minimum atomic E-state index is 0. The minimum Gasteiger partial charge on any atom is -0.355 e. The second-order valence-electron chi connectivity index (χ2n) is 5.86. The van der Waals surface area contributed by atoms with Crippen molar-refractivity contribution in [2.75, 3.05) is 57.3 Å². The van der Waals surface area contributed by atoms with Crippen molar-refractivity contribution < 1.29 is 4.79 Å². The number of nitrogens with zero attached hydrogens (tertiary/aromatic N) is 4. The van der Waals surface area contributed by atoms with Crippen LogP contribution < -0.4 is 15.5 Å². The Balaban J connectivity index is 0.00000192. The molecule has 1 amide bonds. The topological polar surface area (TPSA) is 73.4 Å². The number of carbonyl (C=O) groups excluding carboxylic acids is 1. The van der Waals surface area contributed by atoms with E-state index in [-0.39, 0.29) is 49.0 Å². The van der Waals surface area contributed by atoms with Gasteiger partial charge in [-0.25, -0.2) is 9.97 Å². The smallest absolute Gasteiger partial charge is 0.225 e. The molecule has 0 radical (unpaired) electrons. The van der Waals surface area contributed by atoms with Crippen molar-refractivity contribution in [1.82, 2.24) is 25.5 Å². The number of amides is 1. The van der Waals surface area contributed by atoms with Crippen molar-refractivity contribution in [3.05, 3.63) is 18.5 Å². The zero-order valence-electron chi connectivity index (χ0n) is 14.1. The van der Waals surface area contributed by atoms with Crippen LogP contribution in [0.5, 0.6) is 0 Å². The van der Waals surface area contributed by atoms with E-state index in [1.807, 2.05) is 6.07 Å². The Bertz CT molecular complexity index is 481. The average Bonchev–Trinajstić information content (AvgIpc) is 3.11. The van der Waals surface area contributed by atoms with Gasteiger partial charge in [0.25, 0.3) is 0 Å². The molecule has 1 aromatic heterocycles. The van der Waals surface area contributed by atoms with Gasteiger partial charge in [0.1, 0.15) is 0 Å². The van der Waals surface area contributed by atoms with Gasteiger partial charge in [0, 0.05) is 58.2 Å². The molecule has 144 valence electrons. The van der Waals surface area contributed by atoms with Crippen LogP contribution in [0.2, 0.25) is 0 Å². The van der Waals surface area contributed by atoms with E-state index < -0.39 is 0 Å². The van der Waals surface area contributed by atoms with Gasteiger partial charge in [-0.05, 0) is 19.0 Å². The molecular formula is C15H27Cl3N6O. The molecule has 2 aliphatic rings. The molecule has 1 aromatic rings. The third kappa shape index (κ3) is 7.11. The summed E-state index contributed by atoms with van der Waals surface area (Å²) in [6.45, 7) is 7.27. The number of anilines is 1. The lowest BCUT2D eigenvalue weighted by Gasteiger charge is -2.34. The normalized spacial score (nSPS) is 20.0. The summed E-state index contributed by atoms with van der Waals surface area (Å²) in [6.07, 6.45) is 4.52. The molecule has 1 unspecified atom stereocenters. The molecule has 2 aliphatic heterocycles. The Hall–Kier alpha value is -0.860. The first kappa shape index (κ1) is 24.1. The number of halogens is 3. The molecule has 2 saturated heterocycles.